The van der Waals surface area contributed by atoms with Crippen LogP contribution in [0.2, 0.25) is 0 Å². The maximum absolute atomic E-state index is 11.3. The van der Waals surface area contributed by atoms with Crippen molar-refractivity contribution < 1.29 is 55.1 Å². The van der Waals surface area contributed by atoms with E-state index in [4.69, 9.17) is 14.2 Å². The molecule has 2 heterocycles. The van der Waals surface area contributed by atoms with Gasteiger partial charge in [-0.15, -0.1) is 0 Å². The lowest BCUT2D eigenvalue weighted by Gasteiger charge is -2.52. The number of rotatable bonds is 6. The third-order valence-corrected chi connectivity index (χ3v) is 5.96. The molecule has 0 bridgehead atoms. The first-order valence-electron chi connectivity index (χ1n) is 10.0. The van der Waals surface area contributed by atoms with Gasteiger partial charge in [-0.2, -0.15) is 0 Å². The Kier molecular flexibility index (Phi) is 7.66. The Morgan fingerprint density at radius 2 is 1.71 bits per heavy atom. The van der Waals surface area contributed by atoms with Gasteiger partial charge in [0.1, 0.15) is 48.8 Å². The number of hydrogen-bond acceptors (Lipinski definition) is 11. The lowest BCUT2D eigenvalue weighted by atomic mass is 9.77. The van der Waals surface area contributed by atoms with E-state index in [0.29, 0.717) is 5.56 Å². The molecule has 2 unspecified atom stereocenters. The van der Waals surface area contributed by atoms with Gasteiger partial charge in [-0.25, -0.2) is 0 Å². The van der Waals surface area contributed by atoms with Crippen molar-refractivity contribution in [2.24, 2.45) is 0 Å². The Bertz CT molecular complexity index is 706. The van der Waals surface area contributed by atoms with Crippen LogP contribution in [0.15, 0.2) is 30.3 Å². The second-order valence-electron chi connectivity index (χ2n) is 7.99. The molecule has 11 heteroatoms. The summed E-state index contributed by atoms with van der Waals surface area (Å²) in [5.74, 6) is 0. The third-order valence-electron chi connectivity index (χ3n) is 5.96. The topological polar surface area (TPSA) is 190 Å². The summed E-state index contributed by atoms with van der Waals surface area (Å²) in [4.78, 5) is 0. The van der Waals surface area contributed by atoms with Crippen molar-refractivity contribution in [3.05, 3.63) is 35.9 Å². The Morgan fingerprint density at radius 1 is 1.06 bits per heavy atom. The monoisotopic (exact) mass is 446 g/mol. The summed E-state index contributed by atoms with van der Waals surface area (Å²) in [6.07, 6.45) is -16.4. The van der Waals surface area contributed by atoms with Crippen molar-refractivity contribution in [3.63, 3.8) is 0 Å². The van der Waals surface area contributed by atoms with Crippen LogP contribution in [-0.4, -0.2) is 115 Å². The molecule has 0 aromatic heterocycles. The van der Waals surface area contributed by atoms with E-state index in [2.05, 4.69) is 0 Å². The molecule has 2 fully saturated rings. The Morgan fingerprint density at radius 3 is 2.32 bits per heavy atom. The van der Waals surface area contributed by atoms with Crippen LogP contribution >= 0.6 is 0 Å². The van der Waals surface area contributed by atoms with Gasteiger partial charge in [0.15, 0.2) is 11.9 Å². The number of benzene rings is 1. The maximum atomic E-state index is 11.3. The Balaban J connectivity index is 1.91. The van der Waals surface area contributed by atoms with Gasteiger partial charge in [0.05, 0.1) is 19.3 Å². The summed E-state index contributed by atoms with van der Waals surface area (Å²) in [6.45, 7) is 0.459. The van der Waals surface area contributed by atoms with E-state index in [0.717, 1.165) is 0 Å². The van der Waals surface area contributed by atoms with Crippen molar-refractivity contribution in [1.29, 1.82) is 0 Å². The van der Waals surface area contributed by atoms with Crippen LogP contribution in [0.1, 0.15) is 18.6 Å². The van der Waals surface area contributed by atoms with Crippen molar-refractivity contribution in [2.75, 3.05) is 13.2 Å². The Hall–Kier alpha value is -1.22. The molecule has 0 aliphatic carbocycles. The van der Waals surface area contributed by atoms with Gasteiger partial charge in [0.2, 0.25) is 0 Å². The first kappa shape index (κ1) is 24.4. The van der Waals surface area contributed by atoms with Gasteiger partial charge in [0.25, 0.3) is 0 Å². The zero-order valence-electron chi connectivity index (χ0n) is 16.9. The second kappa shape index (κ2) is 9.73. The highest BCUT2D eigenvalue weighted by atomic mass is 16.7. The van der Waals surface area contributed by atoms with Crippen molar-refractivity contribution in [2.45, 2.75) is 73.8 Å². The van der Waals surface area contributed by atoms with Gasteiger partial charge < -0.3 is 55.1 Å². The highest BCUT2D eigenvalue weighted by Crippen LogP contribution is 2.39. The molecule has 8 N–H and O–H groups in total. The lowest BCUT2D eigenvalue weighted by Crippen LogP contribution is -2.75. The fourth-order valence-corrected chi connectivity index (χ4v) is 3.93. The highest BCUT2D eigenvalue weighted by Gasteiger charge is 2.63. The molecule has 1 aromatic rings. The quantitative estimate of drug-likeness (QED) is 0.219. The van der Waals surface area contributed by atoms with Gasteiger partial charge >= 0.3 is 0 Å². The predicted octanol–water partition coefficient (Wildman–Crippen LogP) is -3.22. The normalized spacial score (nSPS) is 43.4. The summed E-state index contributed by atoms with van der Waals surface area (Å²) < 4.78 is 16.5. The minimum Gasteiger partial charge on any atom is -0.394 e. The maximum Gasteiger partial charge on any atom is 0.192 e. The summed E-state index contributed by atoms with van der Waals surface area (Å²) in [6, 6.07) is 8.78. The van der Waals surface area contributed by atoms with Crippen molar-refractivity contribution in [3.8, 4) is 0 Å². The molecular formula is C20H30O11. The molecule has 0 amide bonds. The molecule has 0 radical (unpaired) electrons. The molecular weight excluding hydrogens is 416 g/mol. The number of aliphatic hydroxyl groups is 8. The molecule has 2 saturated heterocycles. The molecule has 2 aliphatic heterocycles. The fourth-order valence-electron chi connectivity index (χ4n) is 3.93. The van der Waals surface area contributed by atoms with Crippen molar-refractivity contribution in [1.82, 2.24) is 0 Å². The van der Waals surface area contributed by atoms with Gasteiger partial charge in [0, 0.05) is 0 Å². The summed E-state index contributed by atoms with van der Waals surface area (Å²) in [5, 5.41) is 82.5. The average Bonchev–Trinajstić information content (AvgIpc) is 2.78. The molecule has 11 nitrogen and oxygen atoms in total. The van der Waals surface area contributed by atoms with Crippen LogP contribution in [-0.2, 0) is 14.2 Å². The van der Waals surface area contributed by atoms with Gasteiger partial charge in [-0.05, 0) is 12.5 Å². The molecule has 31 heavy (non-hydrogen) atoms. The van der Waals surface area contributed by atoms with E-state index in [-0.39, 0.29) is 0 Å². The first-order chi connectivity index (χ1) is 14.6. The molecule has 1 aromatic carbocycles. The Labute approximate surface area is 178 Å². The second-order valence-corrected chi connectivity index (χ2v) is 7.99. The average molecular weight is 446 g/mol. The fraction of sp³-hybridized carbons (Fsp3) is 0.700. The zero-order valence-corrected chi connectivity index (χ0v) is 16.9. The minimum atomic E-state index is -2.73. The lowest BCUT2D eigenvalue weighted by molar-refractivity contribution is -0.379. The SMILES string of the molecule is CC(O[C@H]1O[C@H](CO)[C@@H](O)[C@H](O)[C@]1(O)C(O)[C@H]1OC[C@H](O)[C@@H](O)[C@@H]1O)c1ccccc1. The van der Waals surface area contributed by atoms with Crippen LogP contribution in [0.5, 0.6) is 0 Å². The largest absolute Gasteiger partial charge is 0.394 e. The summed E-state index contributed by atoms with van der Waals surface area (Å²) in [7, 11) is 0. The first-order valence-corrected chi connectivity index (χ1v) is 10.0. The molecule has 0 spiro atoms. The number of aliphatic hydroxyl groups excluding tert-OH is 7. The smallest absolute Gasteiger partial charge is 0.192 e. The summed E-state index contributed by atoms with van der Waals surface area (Å²) in [5.41, 5.74) is -2.06. The van der Waals surface area contributed by atoms with E-state index in [1.165, 1.54) is 0 Å². The summed E-state index contributed by atoms with van der Waals surface area (Å²) >= 11 is 0. The standard InChI is InChI=1S/C20H30O11/c1-9(10-5-3-2-4-6-10)30-19-20(28,17(26)14(24)12(7-21)31-19)18(27)16-15(25)13(23)11(22)8-29-16/h2-6,9,11-19,21-28H,7-8H2,1H3/t9?,11-,12+,13+,14+,15-,16-,17-,18?,19-,20-/m0/s1. The number of hydrogen-bond donors (Lipinski definition) is 8. The molecule has 3 rings (SSSR count). The molecule has 0 saturated carbocycles. The molecule has 11 atom stereocenters. The van der Waals surface area contributed by atoms with Gasteiger partial charge in [-0.3, -0.25) is 0 Å². The van der Waals surface area contributed by atoms with E-state index in [1.54, 1.807) is 37.3 Å². The third kappa shape index (κ3) is 4.49. The van der Waals surface area contributed by atoms with Crippen LogP contribution in [0.25, 0.3) is 0 Å². The van der Waals surface area contributed by atoms with E-state index < -0.39 is 80.0 Å². The van der Waals surface area contributed by atoms with E-state index in [9.17, 15) is 40.9 Å². The van der Waals surface area contributed by atoms with Crippen LogP contribution in [0, 0.1) is 0 Å². The predicted molar refractivity (Wildman–Crippen MR) is 102 cm³/mol. The molecule has 176 valence electrons. The van der Waals surface area contributed by atoms with Crippen LogP contribution < -0.4 is 0 Å². The number of ether oxygens (including phenoxy) is 3. The molecule has 2 aliphatic rings. The van der Waals surface area contributed by atoms with Gasteiger partial charge in [-0.1, -0.05) is 30.3 Å². The van der Waals surface area contributed by atoms with Crippen LogP contribution in [0.3, 0.4) is 0 Å². The van der Waals surface area contributed by atoms with Crippen molar-refractivity contribution >= 4 is 0 Å². The minimum absolute atomic E-state index is 0.458. The van der Waals surface area contributed by atoms with E-state index in [1.807, 2.05) is 0 Å². The zero-order chi connectivity index (χ0) is 22.9. The van der Waals surface area contributed by atoms with Crippen LogP contribution in [0.4, 0.5) is 0 Å². The van der Waals surface area contributed by atoms with E-state index >= 15 is 0 Å². The highest BCUT2D eigenvalue weighted by molar-refractivity contribution is 5.17.